The second-order valence-electron chi connectivity index (χ2n) is 5.49. The van der Waals surface area contributed by atoms with Crippen LogP contribution in [-0.4, -0.2) is 52.6 Å². The van der Waals surface area contributed by atoms with Crippen LogP contribution in [0.2, 0.25) is 0 Å². The topological polar surface area (TPSA) is 93.1 Å². The normalized spacial score (nSPS) is 14.4. The van der Waals surface area contributed by atoms with Crippen molar-refractivity contribution in [3.8, 4) is 5.75 Å². The van der Waals surface area contributed by atoms with E-state index in [4.69, 9.17) is 9.84 Å². The van der Waals surface area contributed by atoms with Crippen LogP contribution >= 0.6 is 0 Å². The van der Waals surface area contributed by atoms with Crippen LogP contribution in [0.25, 0.3) is 0 Å². The Bertz CT molecular complexity index is 669. The van der Waals surface area contributed by atoms with E-state index in [1.54, 1.807) is 0 Å². The van der Waals surface area contributed by atoms with Crippen molar-refractivity contribution in [2.24, 2.45) is 5.92 Å². The fraction of sp³-hybridized carbons (Fsp3) is 0.533. The van der Waals surface area contributed by atoms with E-state index in [9.17, 15) is 13.2 Å². The number of rotatable bonds is 8. The lowest BCUT2D eigenvalue weighted by molar-refractivity contribution is 0.0600. The molecule has 1 aliphatic rings. The number of carbonyl (C=O) groups excluding carboxylic acids is 1. The van der Waals surface area contributed by atoms with Crippen LogP contribution in [0.15, 0.2) is 18.2 Å². The zero-order valence-electron chi connectivity index (χ0n) is 13.2. The molecule has 1 aromatic carbocycles. The minimum atomic E-state index is -3.59. The molecule has 0 aromatic heterocycles. The van der Waals surface area contributed by atoms with E-state index in [1.807, 2.05) is 0 Å². The monoisotopic (exact) mass is 343 g/mol. The molecule has 1 aromatic rings. The summed E-state index contributed by atoms with van der Waals surface area (Å²) in [5.41, 5.74) is 0.578. The zero-order chi connectivity index (χ0) is 17.0. The predicted molar refractivity (Wildman–Crippen MR) is 85.3 cm³/mol. The van der Waals surface area contributed by atoms with Crippen LogP contribution in [0, 0.1) is 5.92 Å². The second-order valence-corrected chi connectivity index (χ2v) is 7.39. The van der Waals surface area contributed by atoms with Gasteiger partial charge in [0.25, 0.3) is 0 Å². The highest BCUT2D eigenvalue weighted by Gasteiger charge is 2.25. The third-order valence-corrected chi connectivity index (χ3v) is 4.70. The number of hydrogen-bond acceptors (Lipinski definition) is 6. The Kier molecular flexibility index (Phi) is 5.48. The van der Waals surface area contributed by atoms with Gasteiger partial charge in [0.2, 0.25) is 10.0 Å². The number of esters is 1. The lowest BCUT2D eigenvalue weighted by Gasteiger charge is -2.24. The maximum atomic E-state index is 12.0. The van der Waals surface area contributed by atoms with Gasteiger partial charge >= 0.3 is 5.97 Å². The molecule has 128 valence electrons. The van der Waals surface area contributed by atoms with Crippen LogP contribution in [0.1, 0.15) is 23.2 Å². The number of nitrogens with zero attached hydrogens (tertiary/aromatic N) is 1. The highest BCUT2D eigenvalue weighted by Crippen LogP contribution is 2.35. The van der Waals surface area contributed by atoms with E-state index < -0.39 is 16.0 Å². The number of aliphatic hydroxyl groups is 1. The van der Waals surface area contributed by atoms with E-state index in [-0.39, 0.29) is 18.7 Å². The molecular weight excluding hydrogens is 322 g/mol. The maximum Gasteiger partial charge on any atom is 0.337 e. The standard InChI is InChI=1S/C15H21NO6S/c1-21-15(18)12-5-6-13(16(7-8-17)23(2,19)20)14(9-12)22-10-11-3-4-11/h5-6,9,11,17H,3-4,7-8,10H2,1-2H3. The lowest BCUT2D eigenvalue weighted by Crippen LogP contribution is -2.33. The van der Waals surface area contributed by atoms with E-state index in [2.05, 4.69) is 4.74 Å². The van der Waals surface area contributed by atoms with Gasteiger partial charge in [-0.3, -0.25) is 4.31 Å². The first kappa shape index (κ1) is 17.6. The molecule has 23 heavy (non-hydrogen) atoms. The minimum absolute atomic E-state index is 0.0871. The molecule has 0 aliphatic heterocycles. The number of hydrogen-bond donors (Lipinski definition) is 1. The van der Waals surface area contributed by atoms with Crippen molar-refractivity contribution in [1.82, 2.24) is 0 Å². The average Bonchev–Trinajstić information content (AvgIpc) is 3.33. The van der Waals surface area contributed by atoms with E-state index in [1.165, 1.54) is 25.3 Å². The Hall–Kier alpha value is -1.80. The molecule has 0 bridgehead atoms. The Morgan fingerprint density at radius 3 is 2.61 bits per heavy atom. The second kappa shape index (κ2) is 7.18. The number of anilines is 1. The number of ether oxygens (including phenoxy) is 2. The minimum Gasteiger partial charge on any atom is -0.491 e. The number of benzene rings is 1. The molecule has 0 heterocycles. The van der Waals surface area contributed by atoms with E-state index in [0.29, 0.717) is 24.0 Å². The van der Waals surface area contributed by atoms with Gasteiger partial charge < -0.3 is 14.6 Å². The van der Waals surface area contributed by atoms with Crippen molar-refractivity contribution in [3.05, 3.63) is 23.8 Å². The fourth-order valence-electron chi connectivity index (χ4n) is 2.13. The molecular formula is C15H21NO6S. The van der Waals surface area contributed by atoms with Gasteiger partial charge in [-0.25, -0.2) is 13.2 Å². The number of sulfonamides is 1. The molecule has 1 fully saturated rings. The molecule has 8 heteroatoms. The van der Waals surface area contributed by atoms with Crippen molar-refractivity contribution >= 4 is 21.7 Å². The Morgan fingerprint density at radius 2 is 2.09 bits per heavy atom. The summed E-state index contributed by atoms with van der Waals surface area (Å²) in [5, 5.41) is 9.14. The predicted octanol–water partition coefficient (Wildman–Crippen LogP) is 1.02. The summed E-state index contributed by atoms with van der Waals surface area (Å²) in [4.78, 5) is 11.7. The molecule has 2 rings (SSSR count). The summed E-state index contributed by atoms with van der Waals surface area (Å²) in [6, 6.07) is 4.44. The first-order valence-electron chi connectivity index (χ1n) is 7.30. The molecule has 1 aliphatic carbocycles. The molecule has 1 saturated carbocycles. The Balaban J connectivity index is 2.39. The molecule has 0 amide bonds. The molecule has 1 N–H and O–H groups in total. The van der Waals surface area contributed by atoms with Crippen LogP contribution in [0.4, 0.5) is 5.69 Å². The Morgan fingerprint density at radius 1 is 1.39 bits per heavy atom. The van der Waals surface area contributed by atoms with E-state index in [0.717, 1.165) is 23.4 Å². The summed E-state index contributed by atoms with van der Waals surface area (Å²) in [6.07, 6.45) is 3.22. The van der Waals surface area contributed by atoms with Crippen molar-refractivity contribution < 1.29 is 27.8 Å². The molecule has 0 atom stereocenters. The van der Waals surface area contributed by atoms with Gasteiger partial charge in [0.1, 0.15) is 5.75 Å². The third kappa shape index (κ3) is 4.59. The van der Waals surface area contributed by atoms with Gasteiger partial charge in [-0.1, -0.05) is 0 Å². The summed E-state index contributed by atoms with van der Waals surface area (Å²) in [7, 11) is -2.31. The third-order valence-electron chi connectivity index (χ3n) is 3.52. The molecule has 0 saturated heterocycles. The fourth-order valence-corrected chi connectivity index (χ4v) is 3.05. The smallest absolute Gasteiger partial charge is 0.337 e. The maximum absolute atomic E-state index is 12.0. The summed E-state index contributed by atoms with van der Waals surface area (Å²) >= 11 is 0. The number of carbonyl (C=O) groups is 1. The van der Waals surface area contributed by atoms with E-state index >= 15 is 0 Å². The molecule has 7 nitrogen and oxygen atoms in total. The first-order valence-corrected chi connectivity index (χ1v) is 9.15. The molecule has 0 spiro atoms. The summed E-state index contributed by atoms with van der Waals surface area (Å²) in [6.45, 7) is 0.0540. The first-order chi connectivity index (χ1) is 10.9. The van der Waals surface area contributed by atoms with Crippen molar-refractivity contribution in [3.63, 3.8) is 0 Å². The quantitative estimate of drug-likeness (QED) is 0.709. The van der Waals surface area contributed by atoms with Gasteiger partial charge in [-0.05, 0) is 37.0 Å². The van der Waals surface area contributed by atoms with Gasteiger partial charge in [0.05, 0.1) is 44.4 Å². The van der Waals surface area contributed by atoms with Gasteiger partial charge in [0.15, 0.2) is 0 Å². The average molecular weight is 343 g/mol. The van der Waals surface area contributed by atoms with Gasteiger partial charge in [-0.15, -0.1) is 0 Å². The highest BCUT2D eigenvalue weighted by atomic mass is 32.2. The summed E-state index contributed by atoms with van der Waals surface area (Å²) < 4.78 is 35.4. The van der Waals surface area contributed by atoms with Crippen LogP contribution in [-0.2, 0) is 14.8 Å². The van der Waals surface area contributed by atoms with Crippen molar-refractivity contribution in [2.45, 2.75) is 12.8 Å². The van der Waals surface area contributed by atoms with Crippen LogP contribution < -0.4 is 9.04 Å². The van der Waals surface area contributed by atoms with Crippen molar-refractivity contribution in [1.29, 1.82) is 0 Å². The summed E-state index contributed by atoms with van der Waals surface area (Å²) in [5.74, 6) is 0.230. The Labute approximate surface area is 135 Å². The molecule has 0 radical (unpaired) electrons. The van der Waals surface area contributed by atoms with Gasteiger partial charge in [-0.2, -0.15) is 0 Å². The molecule has 0 unspecified atom stereocenters. The largest absolute Gasteiger partial charge is 0.491 e. The SMILES string of the molecule is COC(=O)c1ccc(N(CCO)S(C)(=O)=O)c(OCC2CC2)c1. The lowest BCUT2D eigenvalue weighted by atomic mass is 10.2. The highest BCUT2D eigenvalue weighted by molar-refractivity contribution is 7.92. The zero-order valence-corrected chi connectivity index (χ0v) is 14.0. The van der Waals surface area contributed by atoms with Crippen molar-refractivity contribution in [2.75, 3.05) is 37.4 Å². The van der Waals surface area contributed by atoms with Crippen LogP contribution in [0.3, 0.4) is 0 Å². The number of aliphatic hydroxyl groups excluding tert-OH is 1. The number of methoxy groups -OCH3 is 1. The van der Waals surface area contributed by atoms with Crippen LogP contribution in [0.5, 0.6) is 5.75 Å². The van der Waals surface area contributed by atoms with Gasteiger partial charge in [0, 0.05) is 0 Å².